The molecule has 0 atom stereocenters. The molecule has 0 saturated heterocycles. The number of nitrogens with one attached hydrogen (secondary N) is 1. The number of benzene rings is 1. The molecular formula is C16H22N2O. The van der Waals surface area contributed by atoms with Crippen molar-refractivity contribution in [3.8, 4) is 0 Å². The molecular weight excluding hydrogens is 236 g/mol. The number of hydrogen-bond acceptors (Lipinski definition) is 3. The number of aliphatic hydroxyl groups is 1. The Hall–Kier alpha value is -1.45. The molecule has 1 aromatic heterocycles. The molecule has 0 aliphatic carbocycles. The van der Waals surface area contributed by atoms with Crippen LogP contribution in [0, 0.1) is 0 Å². The summed E-state index contributed by atoms with van der Waals surface area (Å²) in [5.41, 5.74) is 2.03. The van der Waals surface area contributed by atoms with Crippen LogP contribution in [0.15, 0.2) is 36.5 Å². The minimum atomic E-state index is -0.184. The van der Waals surface area contributed by atoms with Crippen LogP contribution >= 0.6 is 0 Å². The van der Waals surface area contributed by atoms with Crippen molar-refractivity contribution < 1.29 is 5.11 Å². The van der Waals surface area contributed by atoms with Crippen molar-refractivity contribution in [1.29, 1.82) is 0 Å². The first kappa shape index (κ1) is 14.0. The smallest absolute Gasteiger partial charge is 0.0746 e. The summed E-state index contributed by atoms with van der Waals surface area (Å²) in [6.07, 6.45) is 3.65. The average molecular weight is 258 g/mol. The van der Waals surface area contributed by atoms with Crippen molar-refractivity contribution in [2.45, 2.75) is 38.8 Å². The maximum atomic E-state index is 9.59. The minimum absolute atomic E-state index is 0.165. The molecule has 2 rings (SSSR count). The molecule has 0 aliphatic heterocycles. The van der Waals surface area contributed by atoms with Crippen LogP contribution in [0.25, 0.3) is 10.9 Å². The summed E-state index contributed by atoms with van der Waals surface area (Å²) < 4.78 is 0. The van der Waals surface area contributed by atoms with E-state index in [0.29, 0.717) is 0 Å². The van der Waals surface area contributed by atoms with Gasteiger partial charge < -0.3 is 10.4 Å². The lowest BCUT2D eigenvalue weighted by molar-refractivity contribution is 0.149. The summed E-state index contributed by atoms with van der Waals surface area (Å²) in [7, 11) is 0. The van der Waals surface area contributed by atoms with Crippen molar-refractivity contribution in [1.82, 2.24) is 10.3 Å². The molecule has 2 N–H and O–H groups in total. The molecule has 0 amide bonds. The highest BCUT2D eigenvalue weighted by Gasteiger charge is 2.24. The van der Waals surface area contributed by atoms with Crippen LogP contribution in [0.4, 0.5) is 0 Å². The van der Waals surface area contributed by atoms with Crippen molar-refractivity contribution in [2.75, 3.05) is 6.61 Å². The topological polar surface area (TPSA) is 45.1 Å². The van der Waals surface area contributed by atoms with Crippen molar-refractivity contribution in [3.05, 3.63) is 42.1 Å². The molecule has 0 bridgehead atoms. The Labute approximate surface area is 114 Å². The Kier molecular flexibility index (Phi) is 4.51. The predicted octanol–water partition coefficient (Wildman–Crippen LogP) is 2.88. The number of nitrogens with zero attached hydrogens (tertiary/aromatic N) is 1. The summed E-state index contributed by atoms with van der Waals surface area (Å²) in [5.74, 6) is 0. The highest BCUT2D eigenvalue weighted by atomic mass is 16.3. The molecule has 0 fully saturated rings. The second kappa shape index (κ2) is 6.13. The van der Waals surface area contributed by atoms with Crippen LogP contribution in [0.2, 0.25) is 0 Å². The third-order valence-corrected chi connectivity index (χ3v) is 4.03. The molecule has 0 spiro atoms. The van der Waals surface area contributed by atoms with Crippen LogP contribution in [0.1, 0.15) is 32.3 Å². The van der Waals surface area contributed by atoms with E-state index in [2.05, 4.69) is 48.4 Å². The van der Waals surface area contributed by atoms with E-state index in [1.54, 1.807) is 0 Å². The predicted molar refractivity (Wildman–Crippen MR) is 79.0 cm³/mol. The van der Waals surface area contributed by atoms with Crippen molar-refractivity contribution in [3.63, 3.8) is 0 Å². The number of aliphatic hydroxyl groups excluding tert-OH is 1. The van der Waals surface area contributed by atoms with E-state index in [1.165, 1.54) is 5.56 Å². The molecule has 2 aromatic rings. The van der Waals surface area contributed by atoms with Crippen LogP contribution in [0.3, 0.4) is 0 Å². The van der Waals surface area contributed by atoms with Gasteiger partial charge in [-0.25, -0.2) is 0 Å². The number of aromatic nitrogens is 1. The zero-order valence-electron chi connectivity index (χ0n) is 11.7. The highest BCUT2D eigenvalue weighted by molar-refractivity contribution is 5.81. The Balaban J connectivity index is 2.22. The Bertz CT molecular complexity index is 522. The zero-order chi connectivity index (χ0) is 13.7. The van der Waals surface area contributed by atoms with Gasteiger partial charge in [-0.2, -0.15) is 0 Å². The molecule has 0 saturated carbocycles. The maximum absolute atomic E-state index is 9.59. The summed E-state index contributed by atoms with van der Waals surface area (Å²) in [6.45, 7) is 5.11. The number of pyridine rings is 1. The molecule has 0 unspecified atom stereocenters. The number of fused-ring (bicyclic) bond motifs is 1. The van der Waals surface area contributed by atoms with Crippen LogP contribution in [-0.2, 0) is 6.54 Å². The first-order valence-electron chi connectivity index (χ1n) is 6.93. The van der Waals surface area contributed by atoms with E-state index < -0.39 is 0 Å². The number of rotatable bonds is 6. The van der Waals surface area contributed by atoms with Crippen molar-refractivity contribution >= 4 is 10.9 Å². The summed E-state index contributed by atoms with van der Waals surface area (Å²) in [6, 6.07) is 10.3. The van der Waals surface area contributed by atoms with Gasteiger partial charge in [0.05, 0.1) is 12.1 Å². The molecule has 0 radical (unpaired) electrons. The second-order valence-corrected chi connectivity index (χ2v) is 4.99. The summed E-state index contributed by atoms with van der Waals surface area (Å²) in [5, 5.41) is 14.2. The fraction of sp³-hybridized carbons (Fsp3) is 0.438. The average Bonchev–Trinajstić information content (AvgIpc) is 2.49. The largest absolute Gasteiger partial charge is 0.394 e. The first-order valence-corrected chi connectivity index (χ1v) is 6.93. The molecule has 3 heteroatoms. The SMILES string of the molecule is CCC(CC)(CO)NCc1cccc2cccnc12. The maximum Gasteiger partial charge on any atom is 0.0746 e. The van der Waals surface area contributed by atoms with Gasteiger partial charge in [-0.1, -0.05) is 38.1 Å². The number of para-hydroxylation sites is 1. The number of hydrogen-bond donors (Lipinski definition) is 2. The van der Waals surface area contributed by atoms with E-state index in [-0.39, 0.29) is 12.1 Å². The first-order chi connectivity index (χ1) is 9.24. The third kappa shape index (κ3) is 2.94. The second-order valence-electron chi connectivity index (χ2n) is 4.99. The Morgan fingerprint density at radius 3 is 2.58 bits per heavy atom. The van der Waals surface area contributed by atoms with E-state index in [1.807, 2.05) is 12.3 Å². The van der Waals surface area contributed by atoms with Gasteiger partial charge in [-0.3, -0.25) is 4.98 Å². The lowest BCUT2D eigenvalue weighted by atomic mass is 9.93. The molecule has 1 aromatic carbocycles. The van der Waals surface area contributed by atoms with Crippen LogP contribution in [-0.4, -0.2) is 22.2 Å². The summed E-state index contributed by atoms with van der Waals surface area (Å²) >= 11 is 0. The monoisotopic (exact) mass is 258 g/mol. The highest BCUT2D eigenvalue weighted by Crippen LogP contribution is 2.19. The Morgan fingerprint density at radius 1 is 1.16 bits per heavy atom. The fourth-order valence-corrected chi connectivity index (χ4v) is 2.37. The molecule has 3 nitrogen and oxygen atoms in total. The van der Waals surface area contributed by atoms with E-state index in [4.69, 9.17) is 0 Å². The van der Waals surface area contributed by atoms with E-state index in [9.17, 15) is 5.11 Å². The molecule has 102 valence electrons. The van der Waals surface area contributed by atoms with Gasteiger partial charge in [-0.05, 0) is 24.5 Å². The quantitative estimate of drug-likeness (QED) is 0.837. The van der Waals surface area contributed by atoms with Gasteiger partial charge in [0.15, 0.2) is 0 Å². The molecule has 19 heavy (non-hydrogen) atoms. The molecule has 0 aliphatic rings. The standard InChI is InChI=1S/C16H22N2O/c1-3-16(4-2,12-19)18-11-14-8-5-7-13-9-6-10-17-15(13)14/h5-10,18-19H,3-4,11-12H2,1-2H3. The van der Waals surface area contributed by atoms with E-state index in [0.717, 1.165) is 30.3 Å². The van der Waals surface area contributed by atoms with Gasteiger partial charge in [0, 0.05) is 23.7 Å². The fourth-order valence-electron chi connectivity index (χ4n) is 2.37. The van der Waals surface area contributed by atoms with Crippen LogP contribution in [0.5, 0.6) is 0 Å². The van der Waals surface area contributed by atoms with Gasteiger partial charge >= 0.3 is 0 Å². The van der Waals surface area contributed by atoms with Gasteiger partial charge in [0.2, 0.25) is 0 Å². The van der Waals surface area contributed by atoms with Gasteiger partial charge in [0.1, 0.15) is 0 Å². The molecule has 1 heterocycles. The van der Waals surface area contributed by atoms with E-state index >= 15 is 0 Å². The summed E-state index contributed by atoms with van der Waals surface area (Å²) in [4.78, 5) is 4.46. The Morgan fingerprint density at radius 2 is 1.89 bits per heavy atom. The zero-order valence-corrected chi connectivity index (χ0v) is 11.7. The normalized spacial score (nSPS) is 11.9. The lowest BCUT2D eigenvalue weighted by Gasteiger charge is -2.31. The van der Waals surface area contributed by atoms with Gasteiger partial charge in [0.25, 0.3) is 0 Å². The minimum Gasteiger partial charge on any atom is -0.394 e. The lowest BCUT2D eigenvalue weighted by Crippen LogP contribution is -2.47. The van der Waals surface area contributed by atoms with Gasteiger partial charge in [-0.15, -0.1) is 0 Å². The van der Waals surface area contributed by atoms with Crippen molar-refractivity contribution in [2.24, 2.45) is 0 Å². The van der Waals surface area contributed by atoms with Crippen LogP contribution < -0.4 is 5.32 Å². The third-order valence-electron chi connectivity index (χ3n) is 4.03.